The molecule has 3 rings (SSSR count). The van der Waals surface area contributed by atoms with Crippen molar-refractivity contribution in [1.29, 1.82) is 0 Å². The molecule has 19 heavy (non-hydrogen) atoms. The summed E-state index contributed by atoms with van der Waals surface area (Å²) in [5.74, 6) is 1.26. The van der Waals surface area contributed by atoms with Crippen molar-refractivity contribution in [3.63, 3.8) is 0 Å². The van der Waals surface area contributed by atoms with Gasteiger partial charge >= 0.3 is 0 Å². The summed E-state index contributed by atoms with van der Waals surface area (Å²) in [6.45, 7) is 4.84. The second-order valence-corrected chi connectivity index (χ2v) is 6.36. The lowest BCUT2D eigenvalue weighted by Gasteiger charge is -2.16. The van der Waals surface area contributed by atoms with Gasteiger partial charge in [-0.05, 0) is 19.9 Å². The van der Waals surface area contributed by atoms with Gasteiger partial charge < -0.3 is 10.5 Å². The summed E-state index contributed by atoms with van der Waals surface area (Å²) < 4.78 is 5.70. The molecule has 0 amide bonds. The van der Waals surface area contributed by atoms with Gasteiger partial charge in [-0.1, -0.05) is 18.2 Å². The van der Waals surface area contributed by atoms with Crippen LogP contribution in [0.15, 0.2) is 24.3 Å². The van der Waals surface area contributed by atoms with Gasteiger partial charge in [0.1, 0.15) is 5.75 Å². The third-order valence-corrected chi connectivity index (χ3v) is 4.83. The van der Waals surface area contributed by atoms with Gasteiger partial charge in [0.2, 0.25) is 0 Å². The molecule has 2 heterocycles. The zero-order valence-corrected chi connectivity index (χ0v) is 12.0. The molecule has 100 valence electrons. The fourth-order valence-corrected chi connectivity index (χ4v) is 3.52. The topological polar surface area (TPSA) is 48.1 Å². The number of hydrogen-bond acceptors (Lipinski definition) is 4. The number of fused-ring (bicyclic) bond motifs is 1. The van der Waals surface area contributed by atoms with Gasteiger partial charge in [0.25, 0.3) is 0 Å². The number of thiazole rings is 1. The highest BCUT2D eigenvalue weighted by molar-refractivity contribution is 7.11. The lowest BCUT2D eigenvalue weighted by molar-refractivity contribution is 0.313. The summed E-state index contributed by atoms with van der Waals surface area (Å²) in [6.07, 6.45) is 0.821. The first-order chi connectivity index (χ1) is 9.15. The maximum Gasteiger partial charge on any atom is 0.122 e. The molecule has 0 spiro atoms. The van der Waals surface area contributed by atoms with Crippen molar-refractivity contribution >= 4 is 11.3 Å². The van der Waals surface area contributed by atoms with E-state index < -0.39 is 0 Å². The molecular weight excluding hydrogens is 256 g/mol. The molecule has 0 saturated carbocycles. The largest absolute Gasteiger partial charge is 0.493 e. The molecule has 1 aliphatic heterocycles. The summed E-state index contributed by atoms with van der Waals surface area (Å²) in [5, 5.41) is 1.13. The summed E-state index contributed by atoms with van der Waals surface area (Å²) in [6, 6.07) is 8.24. The highest BCUT2D eigenvalue weighted by Gasteiger charge is 2.29. The number of aryl methyl sites for hydroxylation is 2. The smallest absolute Gasteiger partial charge is 0.122 e. The number of para-hydroxylation sites is 1. The number of rotatable bonds is 3. The average molecular weight is 274 g/mol. The van der Waals surface area contributed by atoms with Crippen LogP contribution in [-0.2, 0) is 6.42 Å². The van der Waals surface area contributed by atoms with E-state index in [-0.39, 0.29) is 12.0 Å². The molecule has 0 aliphatic carbocycles. The molecule has 0 bridgehead atoms. The van der Waals surface area contributed by atoms with E-state index in [1.54, 1.807) is 11.3 Å². The third kappa shape index (κ3) is 2.38. The molecule has 4 heteroatoms. The van der Waals surface area contributed by atoms with E-state index in [1.165, 1.54) is 10.4 Å². The number of benzene rings is 1. The van der Waals surface area contributed by atoms with Crippen LogP contribution >= 0.6 is 11.3 Å². The van der Waals surface area contributed by atoms with E-state index in [0.29, 0.717) is 6.61 Å². The zero-order valence-electron chi connectivity index (χ0n) is 11.2. The Morgan fingerprint density at radius 1 is 1.42 bits per heavy atom. The second kappa shape index (κ2) is 4.94. The van der Waals surface area contributed by atoms with E-state index in [4.69, 9.17) is 10.5 Å². The van der Waals surface area contributed by atoms with Crippen LogP contribution in [0, 0.1) is 13.8 Å². The molecule has 2 atom stereocenters. The van der Waals surface area contributed by atoms with Crippen LogP contribution in [0.5, 0.6) is 5.75 Å². The van der Waals surface area contributed by atoms with E-state index in [2.05, 4.69) is 24.9 Å². The zero-order chi connectivity index (χ0) is 13.4. The van der Waals surface area contributed by atoms with Crippen molar-refractivity contribution in [2.75, 3.05) is 6.61 Å². The number of nitrogens with two attached hydrogens (primary N) is 1. The van der Waals surface area contributed by atoms with Gasteiger partial charge in [-0.25, -0.2) is 4.98 Å². The fraction of sp³-hybridized carbons (Fsp3) is 0.400. The Labute approximate surface area is 117 Å². The summed E-state index contributed by atoms with van der Waals surface area (Å²) in [5.41, 5.74) is 8.73. The van der Waals surface area contributed by atoms with Gasteiger partial charge in [0.05, 0.1) is 17.3 Å². The molecule has 2 N–H and O–H groups in total. The quantitative estimate of drug-likeness (QED) is 0.936. The van der Waals surface area contributed by atoms with Crippen molar-refractivity contribution in [3.05, 3.63) is 45.4 Å². The van der Waals surface area contributed by atoms with Crippen molar-refractivity contribution in [2.24, 2.45) is 5.73 Å². The van der Waals surface area contributed by atoms with Crippen LogP contribution in [0.1, 0.15) is 27.1 Å². The molecule has 1 aromatic carbocycles. The Morgan fingerprint density at radius 2 is 2.21 bits per heavy atom. The van der Waals surface area contributed by atoms with Crippen molar-refractivity contribution < 1.29 is 4.74 Å². The van der Waals surface area contributed by atoms with E-state index in [9.17, 15) is 0 Å². The Hall–Kier alpha value is -1.39. The standard InChI is InChI=1S/C15H18N2OS/c1-9-10(2)19-15(17-9)7-13(16)12-8-18-14-6-4-3-5-11(12)14/h3-6,12-13H,7-8,16H2,1-2H3. The first-order valence-electron chi connectivity index (χ1n) is 6.55. The highest BCUT2D eigenvalue weighted by atomic mass is 32.1. The van der Waals surface area contributed by atoms with Gasteiger partial charge in [-0.15, -0.1) is 11.3 Å². The monoisotopic (exact) mass is 274 g/mol. The molecule has 1 aliphatic rings. The number of aromatic nitrogens is 1. The van der Waals surface area contributed by atoms with E-state index >= 15 is 0 Å². The van der Waals surface area contributed by atoms with E-state index in [1.807, 2.05) is 18.2 Å². The first kappa shape index (κ1) is 12.6. The predicted octanol–water partition coefficient (Wildman–Crippen LogP) is 2.81. The van der Waals surface area contributed by atoms with Crippen molar-refractivity contribution in [2.45, 2.75) is 32.2 Å². The molecule has 1 aromatic heterocycles. The number of nitrogens with zero attached hydrogens (tertiary/aromatic N) is 1. The molecule has 0 saturated heterocycles. The molecule has 3 nitrogen and oxygen atoms in total. The van der Waals surface area contributed by atoms with Crippen LogP contribution in [0.3, 0.4) is 0 Å². The third-order valence-electron chi connectivity index (χ3n) is 3.74. The minimum absolute atomic E-state index is 0.0635. The first-order valence-corrected chi connectivity index (χ1v) is 7.37. The lowest BCUT2D eigenvalue weighted by Crippen LogP contribution is -2.31. The highest BCUT2D eigenvalue weighted by Crippen LogP contribution is 2.36. The van der Waals surface area contributed by atoms with Gasteiger partial charge in [-0.2, -0.15) is 0 Å². The minimum Gasteiger partial charge on any atom is -0.493 e. The van der Waals surface area contributed by atoms with Crippen molar-refractivity contribution in [3.8, 4) is 5.75 Å². The molecular formula is C15H18N2OS. The Balaban J connectivity index is 1.77. The molecule has 2 unspecified atom stereocenters. The van der Waals surface area contributed by atoms with Crippen LogP contribution in [0.4, 0.5) is 0 Å². The molecule has 0 radical (unpaired) electrons. The number of ether oxygens (including phenoxy) is 1. The van der Waals surface area contributed by atoms with Crippen LogP contribution in [-0.4, -0.2) is 17.6 Å². The predicted molar refractivity (Wildman–Crippen MR) is 77.9 cm³/mol. The van der Waals surface area contributed by atoms with E-state index in [0.717, 1.165) is 22.9 Å². The van der Waals surface area contributed by atoms with Crippen LogP contribution in [0.2, 0.25) is 0 Å². The van der Waals surface area contributed by atoms with Crippen LogP contribution in [0.25, 0.3) is 0 Å². The van der Waals surface area contributed by atoms with Crippen LogP contribution < -0.4 is 10.5 Å². The SMILES string of the molecule is Cc1nc(CC(N)C2COc3ccccc32)sc1C. The maximum atomic E-state index is 6.37. The fourth-order valence-electron chi connectivity index (χ4n) is 2.51. The summed E-state index contributed by atoms with van der Waals surface area (Å²) in [7, 11) is 0. The molecule has 2 aromatic rings. The number of hydrogen-bond donors (Lipinski definition) is 1. The van der Waals surface area contributed by atoms with Gasteiger partial charge in [0, 0.05) is 28.8 Å². The summed E-state index contributed by atoms with van der Waals surface area (Å²) >= 11 is 1.75. The molecule has 0 fully saturated rings. The van der Waals surface area contributed by atoms with Gasteiger partial charge in [0.15, 0.2) is 0 Å². The normalized spacial score (nSPS) is 19.0. The summed E-state index contributed by atoms with van der Waals surface area (Å²) in [4.78, 5) is 5.86. The maximum absolute atomic E-state index is 6.37. The Bertz CT molecular complexity index is 574. The van der Waals surface area contributed by atoms with Gasteiger partial charge in [-0.3, -0.25) is 0 Å². The Morgan fingerprint density at radius 3 is 2.95 bits per heavy atom. The second-order valence-electron chi connectivity index (χ2n) is 5.07. The Kier molecular flexibility index (Phi) is 3.29. The average Bonchev–Trinajstić information content (AvgIpc) is 2.94. The lowest BCUT2D eigenvalue weighted by atomic mass is 9.92. The van der Waals surface area contributed by atoms with Crippen molar-refractivity contribution in [1.82, 2.24) is 4.98 Å². The minimum atomic E-state index is 0.0635.